The van der Waals surface area contributed by atoms with E-state index >= 15 is 0 Å². The van der Waals surface area contributed by atoms with Gasteiger partial charge < -0.3 is 4.74 Å². The Morgan fingerprint density at radius 3 is 2.25 bits per heavy atom. The van der Waals surface area contributed by atoms with Gasteiger partial charge in [-0.3, -0.25) is 0 Å². The standard InChI is InChI=1S/C13H14F2O/c1-13(2,9-8-12(14)15)10-4-6-11(16-3)7-5-10/h4-7,9H,1-3H3. The molecule has 0 atom stereocenters. The third kappa shape index (κ3) is 3.21. The van der Waals surface area contributed by atoms with Crippen LogP contribution in [0.2, 0.25) is 0 Å². The summed E-state index contributed by atoms with van der Waals surface area (Å²) in [6, 6.07) is 7.32. The van der Waals surface area contributed by atoms with Crippen LogP contribution in [0.4, 0.5) is 8.78 Å². The Labute approximate surface area is 94.1 Å². The van der Waals surface area contributed by atoms with E-state index in [0.29, 0.717) is 0 Å². The zero-order valence-corrected chi connectivity index (χ0v) is 9.55. The molecular formula is C13H14F2O. The van der Waals surface area contributed by atoms with Crippen molar-refractivity contribution < 1.29 is 13.5 Å². The predicted molar refractivity (Wildman–Crippen MR) is 59.8 cm³/mol. The highest BCUT2D eigenvalue weighted by Crippen LogP contribution is 2.26. The van der Waals surface area contributed by atoms with Crippen molar-refractivity contribution in [3.63, 3.8) is 0 Å². The Bertz CT molecular complexity index is 408. The molecule has 1 aromatic rings. The van der Waals surface area contributed by atoms with Crippen molar-refractivity contribution in [3.8, 4) is 5.75 Å². The molecule has 16 heavy (non-hydrogen) atoms. The quantitative estimate of drug-likeness (QED) is 0.707. The number of hydrogen-bond acceptors (Lipinski definition) is 1. The van der Waals surface area contributed by atoms with Gasteiger partial charge in [0.2, 0.25) is 0 Å². The van der Waals surface area contributed by atoms with Crippen molar-refractivity contribution in [1.82, 2.24) is 0 Å². The molecule has 0 saturated heterocycles. The lowest BCUT2D eigenvalue weighted by molar-refractivity contribution is 0.414. The van der Waals surface area contributed by atoms with Gasteiger partial charge in [-0.25, -0.2) is 0 Å². The molecule has 0 aliphatic rings. The minimum atomic E-state index is -1.80. The molecule has 0 heterocycles. The molecule has 0 spiro atoms. The molecule has 0 amide bonds. The zero-order valence-electron chi connectivity index (χ0n) is 9.55. The lowest BCUT2D eigenvalue weighted by Crippen LogP contribution is -2.12. The van der Waals surface area contributed by atoms with Crippen LogP contribution in [-0.4, -0.2) is 7.11 Å². The van der Waals surface area contributed by atoms with E-state index in [1.54, 1.807) is 19.2 Å². The Balaban J connectivity index is 3.02. The monoisotopic (exact) mass is 224 g/mol. The second kappa shape index (κ2) is 4.95. The Hall–Kier alpha value is -1.60. The minimum absolute atomic E-state index is 0.476. The second-order valence-electron chi connectivity index (χ2n) is 4.00. The maximum atomic E-state index is 12.0. The summed E-state index contributed by atoms with van der Waals surface area (Å²) in [5, 5.41) is 0. The van der Waals surface area contributed by atoms with Gasteiger partial charge in [-0.05, 0) is 23.8 Å². The van der Waals surface area contributed by atoms with Crippen LogP contribution in [0, 0.1) is 0 Å². The van der Waals surface area contributed by atoms with Crippen LogP contribution in [-0.2, 0) is 5.41 Å². The van der Waals surface area contributed by atoms with E-state index in [0.717, 1.165) is 11.3 Å². The van der Waals surface area contributed by atoms with Crippen molar-refractivity contribution in [2.45, 2.75) is 19.3 Å². The summed E-state index contributed by atoms with van der Waals surface area (Å²) in [4.78, 5) is 0. The van der Waals surface area contributed by atoms with Crippen LogP contribution in [0.5, 0.6) is 5.75 Å². The van der Waals surface area contributed by atoms with Crippen molar-refractivity contribution in [2.24, 2.45) is 0 Å². The summed E-state index contributed by atoms with van der Waals surface area (Å²) in [7, 11) is 1.58. The predicted octanol–water partition coefficient (Wildman–Crippen LogP) is 3.91. The fraction of sp³-hybridized carbons (Fsp3) is 0.308. The average molecular weight is 224 g/mol. The number of ether oxygens (including phenoxy) is 1. The first-order valence-corrected chi connectivity index (χ1v) is 4.89. The molecule has 1 rings (SSSR count). The summed E-state index contributed by atoms with van der Waals surface area (Å²) in [6.07, 6.45) is -0.439. The van der Waals surface area contributed by atoms with E-state index in [1.165, 1.54) is 6.08 Å². The zero-order chi connectivity index (χ0) is 12.2. The molecule has 0 saturated carbocycles. The number of rotatable bonds is 3. The molecular weight excluding hydrogens is 210 g/mol. The van der Waals surface area contributed by atoms with E-state index in [4.69, 9.17) is 4.74 Å². The van der Waals surface area contributed by atoms with Crippen LogP contribution in [0.25, 0.3) is 0 Å². The van der Waals surface area contributed by atoms with Gasteiger partial charge in [-0.15, -0.1) is 0 Å². The fourth-order valence-electron chi connectivity index (χ4n) is 1.34. The average Bonchev–Trinajstić information content (AvgIpc) is 2.27. The normalized spacial score (nSPS) is 10.6. The highest BCUT2D eigenvalue weighted by molar-refractivity contribution is 5.34. The molecule has 1 aromatic carbocycles. The van der Waals surface area contributed by atoms with Crippen molar-refractivity contribution in [1.29, 1.82) is 0 Å². The molecule has 0 unspecified atom stereocenters. The van der Waals surface area contributed by atoms with Gasteiger partial charge in [0.05, 0.1) is 7.11 Å². The first-order valence-electron chi connectivity index (χ1n) is 4.89. The largest absolute Gasteiger partial charge is 0.497 e. The van der Waals surface area contributed by atoms with Crippen LogP contribution < -0.4 is 4.74 Å². The summed E-state index contributed by atoms with van der Waals surface area (Å²) in [5.74, 6) is 0.746. The van der Waals surface area contributed by atoms with Crippen LogP contribution in [0.15, 0.2) is 42.2 Å². The molecule has 0 aliphatic carbocycles. The van der Waals surface area contributed by atoms with E-state index in [-0.39, 0.29) is 0 Å². The molecule has 0 fully saturated rings. The van der Waals surface area contributed by atoms with Crippen molar-refractivity contribution in [2.75, 3.05) is 7.11 Å². The maximum absolute atomic E-state index is 12.0. The van der Waals surface area contributed by atoms with Crippen LogP contribution in [0.3, 0.4) is 0 Å². The van der Waals surface area contributed by atoms with Crippen LogP contribution in [0.1, 0.15) is 19.4 Å². The summed E-state index contributed by atoms with van der Waals surface area (Å²) < 4.78 is 28.9. The molecule has 0 radical (unpaired) electrons. The third-order valence-corrected chi connectivity index (χ3v) is 2.38. The summed E-state index contributed by atoms with van der Waals surface area (Å²) >= 11 is 0. The number of halogens is 2. The first kappa shape index (κ1) is 12.5. The second-order valence-corrected chi connectivity index (χ2v) is 4.00. The van der Waals surface area contributed by atoms with Gasteiger partial charge in [-0.1, -0.05) is 31.7 Å². The number of methoxy groups -OCH3 is 1. The maximum Gasteiger partial charge on any atom is 0.312 e. The fourth-order valence-corrected chi connectivity index (χ4v) is 1.34. The molecule has 0 bridgehead atoms. The Morgan fingerprint density at radius 2 is 1.81 bits per heavy atom. The lowest BCUT2D eigenvalue weighted by atomic mass is 9.85. The van der Waals surface area contributed by atoms with Gasteiger partial charge in [0.1, 0.15) is 5.75 Å². The van der Waals surface area contributed by atoms with E-state index in [9.17, 15) is 8.78 Å². The van der Waals surface area contributed by atoms with Gasteiger partial charge >= 0.3 is 6.08 Å². The highest BCUT2D eigenvalue weighted by atomic mass is 19.3. The third-order valence-electron chi connectivity index (χ3n) is 2.38. The molecule has 86 valence electrons. The van der Waals surface area contributed by atoms with Crippen molar-refractivity contribution >= 4 is 0 Å². The first-order chi connectivity index (χ1) is 7.45. The van der Waals surface area contributed by atoms with Gasteiger partial charge in [-0.2, -0.15) is 8.78 Å². The van der Waals surface area contributed by atoms with E-state index < -0.39 is 11.5 Å². The van der Waals surface area contributed by atoms with E-state index in [2.05, 4.69) is 0 Å². The highest BCUT2D eigenvalue weighted by Gasteiger charge is 2.16. The smallest absolute Gasteiger partial charge is 0.312 e. The van der Waals surface area contributed by atoms with Crippen molar-refractivity contribution in [3.05, 3.63) is 47.7 Å². The summed E-state index contributed by atoms with van der Waals surface area (Å²) in [6.45, 7) is 3.70. The van der Waals surface area contributed by atoms with Gasteiger partial charge in [0.15, 0.2) is 0 Å². The Kier molecular flexibility index (Phi) is 3.86. The van der Waals surface area contributed by atoms with E-state index in [1.807, 2.05) is 31.7 Å². The molecule has 0 aromatic heterocycles. The summed E-state index contributed by atoms with van der Waals surface area (Å²) in [5.41, 5.74) is 2.40. The Morgan fingerprint density at radius 1 is 1.25 bits per heavy atom. The molecule has 0 N–H and O–H groups in total. The minimum Gasteiger partial charge on any atom is -0.497 e. The topological polar surface area (TPSA) is 9.23 Å². The number of allylic oxidation sites excluding steroid dienone is 1. The van der Waals surface area contributed by atoms with Crippen LogP contribution >= 0.6 is 0 Å². The number of hydrogen-bond donors (Lipinski definition) is 0. The molecule has 0 aliphatic heterocycles. The van der Waals surface area contributed by atoms with Gasteiger partial charge in [0, 0.05) is 5.41 Å². The molecule has 1 nitrogen and oxygen atoms in total. The SMILES string of the molecule is COc1ccc(C(C)(C)C=C=C(F)F)cc1. The number of benzene rings is 1. The molecule has 3 heteroatoms. The lowest BCUT2D eigenvalue weighted by Gasteiger charge is -2.19. The van der Waals surface area contributed by atoms with Gasteiger partial charge in [0.25, 0.3) is 0 Å².